The molecule has 0 fully saturated rings. The molecule has 0 spiro atoms. The lowest BCUT2D eigenvalue weighted by atomic mass is 10.1. The molecule has 1 aliphatic heterocycles. The first-order valence-electron chi connectivity index (χ1n) is 7.69. The monoisotopic (exact) mass is 315 g/mol. The quantitative estimate of drug-likeness (QED) is 0.904. The standard InChI is InChI=1S/C18H22ClN3/c1-21(2)10-5-11-22-17-7-4-3-6-16(17)20-13-14-8-9-15(19)12-18(14)22/h3-4,6-9,12,20H,5,10-11,13H2,1-2H3. The molecule has 3 nitrogen and oxygen atoms in total. The molecule has 4 heteroatoms. The number of hydrogen-bond acceptors (Lipinski definition) is 3. The Balaban J connectivity index is 1.98. The van der Waals surface area contributed by atoms with Gasteiger partial charge in [-0.2, -0.15) is 0 Å². The molecule has 0 aromatic heterocycles. The van der Waals surface area contributed by atoms with E-state index in [4.69, 9.17) is 11.6 Å². The zero-order chi connectivity index (χ0) is 15.5. The van der Waals surface area contributed by atoms with E-state index in [0.29, 0.717) is 0 Å². The van der Waals surface area contributed by atoms with Gasteiger partial charge >= 0.3 is 0 Å². The van der Waals surface area contributed by atoms with E-state index in [1.54, 1.807) is 0 Å². The van der Waals surface area contributed by atoms with Gasteiger partial charge in [0.05, 0.1) is 11.4 Å². The van der Waals surface area contributed by atoms with Crippen LogP contribution in [0.1, 0.15) is 12.0 Å². The molecule has 0 amide bonds. The van der Waals surface area contributed by atoms with Crippen LogP contribution < -0.4 is 10.2 Å². The van der Waals surface area contributed by atoms with Gasteiger partial charge in [-0.1, -0.05) is 29.8 Å². The number of rotatable bonds is 4. The zero-order valence-corrected chi connectivity index (χ0v) is 13.9. The maximum Gasteiger partial charge on any atom is 0.0646 e. The molecule has 0 saturated heterocycles. The Bertz CT molecular complexity index is 655. The number of nitrogens with zero attached hydrogens (tertiary/aromatic N) is 2. The fraction of sp³-hybridized carbons (Fsp3) is 0.333. The summed E-state index contributed by atoms with van der Waals surface area (Å²) in [6.45, 7) is 2.87. The first-order valence-corrected chi connectivity index (χ1v) is 8.06. The second kappa shape index (κ2) is 6.59. The van der Waals surface area contributed by atoms with Crippen LogP contribution in [-0.4, -0.2) is 32.1 Å². The largest absolute Gasteiger partial charge is 0.379 e. The molecule has 0 radical (unpaired) electrons. The third kappa shape index (κ3) is 3.21. The number of para-hydroxylation sites is 2. The molecule has 2 aromatic rings. The summed E-state index contributed by atoms with van der Waals surface area (Å²) in [6.07, 6.45) is 1.10. The minimum atomic E-state index is 0.788. The highest BCUT2D eigenvalue weighted by Crippen LogP contribution is 2.38. The molecule has 0 saturated carbocycles. The lowest BCUT2D eigenvalue weighted by Crippen LogP contribution is -2.23. The van der Waals surface area contributed by atoms with Crippen LogP contribution in [0.2, 0.25) is 5.02 Å². The molecule has 0 atom stereocenters. The Morgan fingerprint density at radius 2 is 1.95 bits per heavy atom. The Kier molecular flexibility index (Phi) is 4.55. The van der Waals surface area contributed by atoms with Gasteiger partial charge in [-0.15, -0.1) is 0 Å². The number of halogens is 1. The van der Waals surface area contributed by atoms with Gasteiger partial charge in [0.25, 0.3) is 0 Å². The van der Waals surface area contributed by atoms with E-state index in [1.807, 2.05) is 6.07 Å². The summed E-state index contributed by atoms with van der Waals surface area (Å²) < 4.78 is 0. The Morgan fingerprint density at radius 3 is 2.77 bits per heavy atom. The second-order valence-corrected chi connectivity index (χ2v) is 6.39. The number of hydrogen-bond donors (Lipinski definition) is 1. The number of fused-ring (bicyclic) bond motifs is 2. The van der Waals surface area contributed by atoms with E-state index in [2.05, 4.69) is 65.6 Å². The summed E-state index contributed by atoms with van der Waals surface area (Å²) in [6, 6.07) is 14.7. The first-order chi connectivity index (χ1) is 10.6. The van der Waals surface area contributed by atoms with E-state index < -0.39 is 0 Å². The molecule has 1 N–H and O–H groups in total. The minimum absolute atomic E-state index is 0.788. The predicted octanol–water partition coefficient (Wildman–Crippen LogP) is 4.36. The summed E-state index contributed by atoms with van der Waals surface area (Å²) in [5.74, 6) is 0. The van der Waals surface area contributed by atoms with Crippen molar-refractivity contribution in [1.82, 2.24) is 4.90 Å². The van der Waals surface area contributed by atoms with Crippen LogP contribution in [0.5, 0.6) is 0 Å². The summed E-state index contributed by atoms with van der Waals surface area (Å²) in [4.78, 5) is 4.61. The van der Waals surface area contributed by atoms with Crippen LogP contribution in [0.3, 0.4) is 0 Å². The average molecular weight is 316 g/mol. The molecule has 3 rings (SSSR count). The SMILES string of the molecule is CN(C)CCCN1c2cc(Cl)ccc2CNc2ccccc21. The molecule has 1 aliphatic rings. The molecule has 22 heavy (non-hydrogen) atoms. The molecular weight excluding hydrogens is 294 g/mol. The van der Waals surface area contributed by atoms with Gasteiger partial charge in [0.1, 0.15) is 0 Å². The van der Waals surface area contributed by atoms with Crippen molar-refractivity contribution in [3.05, 3.63) is 53.1 Å². The normalized spacial score (nSPS) is 13.4. The van der Waals surface area contributed by atoms with Crippen LogP contribution in [0.4, 0.5) is 17.1 Å². The molecule has 1 heterocycles. The Hall–Kier alpha value is -1.71. The van der Waals surface area contributed by atoms with Crippen molar-refractivity contribution in [2.75, 3.05) is 37.4 Å². The van der Waals surface area contributed by atoms with Crippen molar-refractivity contribution in [1.29, 1.82) is 0 Å². The maximum absolute atomic E-state index is 6.25. The molecular formula is C18H22ClN3. The van der Waals surface area contributed by atoms with Crippen molar-refractivity contribution >= 4 is 28.7 Å². The van der Waals surface area contributed by atoms with Crippen molar-refractivity contribution < 1.29 is 0 Å². The highest BCUT2D eigenvalue weighted by Gasteiger charge is 2.20. The summed E-state index contributed by atoms with van der Waals surface area (Å²) in [5.41, 5.74) is 4.90. The van der Waals surface area contributed by atoms with Crippen LogP contribution in [0.25, 0.3) is 0 Å². The zero-order valence-electron chi connectivity index (χ0n) is 13.1. The van der Waals surface area contributed by atoms with Gasteiger partial charge < -0.3 is 15.1 Å². The number of nitrogens with one attached hydrogen (secondary N) is 1. The summed E-state index contributed by atoms with van der Waals surface area (Å²) >= 11 is 6.25. The lowest BCUT2D eigenvalue weighted by Gasteiger charge is -2.27. The average Bonchev–Trinajstić information content (AvgIpc) is 2.65. The highest BCUT2D eigenvalue weighted by atomic mass is 35.5. The van der Waals surface area contributed by atoms with Crippen LogP contribution in [0.15, 0.2) is 42.5 Å². The molecule has 0 unspecified atom stereocenters. The van der Waals surface area contributed by atoms with Gasteiger partial charge in [0.15, 0.2) is 0 Å². The number of benzene rings is 2. The topological polar surface area (TPSA) is 18.5 Å². The predicted molar refractivity (Wildman–Crippen MR) is 95.4 cm³/mol. The van der Waals surface area contributed by atoms with E-state index in [-0.39, 0.29) is 0 Å². The fourth-order valence-electron chi connectivity index (χ4n) is 2.90. The Labute approximate surface area is 137 Å². The lowest BCUT2D eigenvalue weighted by molar-refractivity contribution is 0.402. The third-order valence-electron chi connectivity index (χ3n) is 3.99. The van der Waals surface area contributed by atoms with E-state index >= 15 is 0 Å². The fourth-order valence-corrected chi connectivity index (χ4v) is 3.07. The summed E-state index contributed by atoms with van der Waals surface area (Å²) in [7, 11) is 4.23. The van der Waals surface area contributed by atoms with E-state index in [9.17, 15) is 0 Å². The molecule has 0 aliphatic carbocycles. The number of anilines is 3. The third-order valence-corrected chi connectivity index (χ3v) is 4.22. The minimum Gasteiger partial charge on any atom is -0.379 e. The van der Waals surface area contributed by atoms with E-state index in [0.717, 1.165) is 31.1 Å². The van der Waals surface area contributed by atoms with Crippen molar-refractivity contribution in [2.45, 2.75) is 13.0 Å². The van der Waals surface area contributed by atoms with Gasteiger partial charge in [-0.05, 0) is 56.9 Å². The van der Waals surface area contributed by atoms with Crippen LogP contribution >= 0.6 is 11.6 Å². The summed E-state index contributed by atoms with van der Waals surface area (Å²) in [5, 5.41) is 4.32. The van der Waals surface area contributed by atoms with Gasteiger partial charge in [-0.25, -0.2) is 0 Å². The van der Waals surface area contributed by atoms with Crippen molar-refractivity contribution in [3.63, 3.8) is 0 Å². The Morgan fingerprint density at radius 1 is 1.14 bits per heavy atom. The smallest absolute Gasteiger partial charge is 0.0646 e. The second-order valence-electron chi connectivity index (χ2n) is 5.95. The maximum atomic E-state index is 6.25. The molecule has 116 valence electrons. The van der Waals surface area contributed by atoms with E-state index in [1.165, 1.54) is 22.6 Å². The van der Waals surface area contributed by atoms with Gasteiger partial charge in [-0.3, -0.25) is 0 Å². The van der Waals surface area contributed by atoms with Crippen molar-refractivity contribution in [2.24, 2.45) is 0 Å². The van der Waals surface area contributed by atoms with Gasteiger partial charge in [0, 0.05) is 23.8 Å². The first kappa shape index (κ1) is 15.2. The molecule has 2 aromatic carbocycles. The van der Waals surface area contributed by atoms with Crippen LogP contribution in [-0.2, 0) is 6.54 Å². The highest BCUT2D eigenvalue weighted by molar-refractivity contribution is 6.30. The molecule has 0 bridgehead atoms. The van der Waals surface area contributed by atoms with Crippen LogP contribution in [0, 0.1) is 0 Å². The van der Waals surface area contributed by atoms with Crippen molar-refractivity contribution in [3.8, 4) is 0 Å². The van der Waals surface area contributed by atoms with Gasteiger partial charge in [0.2, 0.25) is 0 Å².